The van der Waals surface area contributed by atoms with Gasteiger partial charge in [0.25, 0.3) is 0 Å². The zero-order chi connectivity index (χ0) is 9.10. The first-order valence-corrected chi connectivity index (χ1v) is 3.95. The van der Waals surface area contributed by atoms with Crippen LogP contribution in [0.1, 0.15) is 5.76 Å². The van der Waals surface area contributed by atoms with Gasteiger partial charge in [0.15, 0.2) is 0 Å². The molecule has 1 aromatic heterocycles. The molecular weight excluding hydrogens is 166 g/mol. The van der Waals surface area contributed by atoms with Gasteiger partial charge in [-0.2, -0.15) is 0 Å². The summed E-state index contributed by atoms with van der Waals surface area (Å²) >= 11 is 0. The molecule has 66 valence electrons. The molecule has 0 aliphatic carbocycles. The average Bonchev–Trinajstić information content (AvgIpc) is 2.57. The highest BCUT2D eigenvalue weighted by molar-refractivity contribution is 5.86. The number of furan rings is 1. The highest BCUT2D eigenvalue weighted by atomic mass is 16.6. The van der Waals surface area contributed by atoms with E-state index >= 15 is 0 Å². The van der Waals surface area contributed by atoms with Gasteiger partial charge in [0.2, 0.25) is 0 Å². The van der Waals surface area contributed by atoms with E-state index in [0.29, 0.717) is 5.76 Å². The predicted molar refractivity (Wildman–Crippen MR) is 50.8 cm³/mol. The number of hydrogen-bond acceptors (Lipinski definition) is 3. The third-order valence-corrected chi connectivity index (χ3v) is 1.73. The molecule has 0 saturated carbocycles. The number of rotatable bonds is 2. The molecule has 3 nitrogen and oxygen atoms in total. The van der Waals surface area contributed by atoms with Crippen molar-refractivity contribution in [1.29, 1.82) is 0 Å². The van der Waals surface area contributed by atoms with Crippen molar-refractivity contribution in [3.63, 3.8) is 0 Å². The molecule has 0 saturated heterocycles. The Labute approximate surface area is 75.6 Å². The minimum absolute atomic E-state index is 0.697. The lowest BCUT2D eigenvalue weighted by atomic mass is 10.2. The van der Waals surface area contributed by atoms with Crippen LogP contribution >= 0.6 is 0 Å². The highest BCUT2D eigenvalue weighted by Crippen LogP contribution is 2.17. The number of fused-ring (bicyclic) bond motifs is 1. The van der Waals surface area contributed by atoms with E-state index in [1.807, 2.05) is 30.3 Å². The van der Waals surface area contributed by atoms with E-state index in [9.17, 15) is 0 Å². The van der Waals surface area contributed by atoms with Gasteiger partial charge in [-0.25, -0.2) is 0 Å². The minimum atomic E-state index is 0.697. The summed E-state index contributed by atoms with van der Waals surface area (Å²) in [5.74, 6) is 0.697. The molecule has 3 heteroatoms. The Morgan fingerprint density at radius 2 is 2.23 bits per heavy atom. The molecule has 0 amide bonds. The van der Waals surface area contributed by atoms with Crippen molar-refractivity contribution in [3.8, 4) is 0 Å². The molecule has 0 N–H and O–H groups in total. The summed E-state index contributed by atoms with van der Waals surface area (Å²) < 4.78 is 5.44. The molecule has 0 radical (unpaired) electrons. The minimum Gasteiger partial charge on any atom is -0.455 e. The number of hydrogen-bond donors (Lipinski definition) is 0. The van der Waals surface area contributed by atoms with E-state index in [1.165, 1.54) is 7.11 Å². The molecule has 0 fully saturated rings. The summed E-state index contributed by atoms with van der Waals surface area (Å²) in [4.78, 5) is 4.55. The summed E-state index contributed by atoms with van der Waals surface area (Å²) in [6.45, 7) is 0. The van der Waals surface area contributed by atoms with Gasteiger partial charge in [0.05, 0.1) is 0 Å². The summed E-state index contributed by atoms with van der Waals surface area (Å²) in [6.07, 6.45) is 1.54. The van der Waals surface area contributed by atoms with Crippen molar-refractivity contribution in [3.05, 3.63) is 36.1 Å². The lowest BCUT2D eigenvalue weighted by Gasteiger charge is -1.83. The second-order valence-corrected chi connectivity index (χ2v) is 2.60. The van der Waals surface area contributed by atoms with E-state index < -0.39 is 0 Å². The summed E-state index contributed by atoms with van der Waals surface area (Å²) in [5.41, 5.74) is 0.861. The summed E-state index contributed by atoms with van der Waals surface area (Å²) in [6, 6.07) is 9.72. The zero-order valence-corrected chi connectivity index (χ0v) is 7.23. The van der Waals surface area contributed by atoms with E-state index in [2.05, 4.69) is 9.99 Å². The Morgan fingerprint density at radius 3 is 3.00 bits per heavy atom. The molecule has 0 spiro atoms. The van der Waals surface area contributed by atoms with Gasteiger partial charge in [-0.3, -0.25) is 0 Å². The Bertz CT molecular complexity index is 398. The van der Waals surface area contributed by atoms with Crippen molar-refractivity contribution < 1.29 is 9.25 Å². The van der Waals surface area contributed by atoms with Gasteiger partial charge in [-0.15, -0.1) is 0 Å². The average molecular weight is 175 g/mol. The van der Waals surface area contributed by atoms with E-state index in [1.54, 1.807) is 6.21 Å². The smallest absolute Gasteiger partial charge is 0.149 e. The standard InChI is InChI=1S/C10H9NO2/c1-12-11-7-9-6-8-4-2-3-5-10(8)13-9/h2-7H,1H3/b11-7+. The van der Waals surface area contributed by atoms with Crippen molar-refractivity contribution in [1.82, 2.24) is 0 Å². The number of benzene rings is 1. The Hall–Kier alpha value is -1.77. The lowest BCUT2D eigenvalue weighted by Crippen LogP contribution is -1.74. The zero-order valence-electron chi connectivity index (χ0n) is 7.23. The summed E-state index contributed by atoms with van der Waals surface area (Å²) in [7, 11) is 1.50. The van der Waals surface area contributed by atoms with Crippen molar-refractivity contribution in [2.75, 3.05) is 7.11 Å². The highest BCUT2D eigenvalue weighted by Gasteiger charge is 1.99. The molecule has 0 aliphatic heterocycles. The fourth-order valence-electron chi connectivity index (χ4n) is 1.17. The van der Waals surface area contributed by atoms with Crippen LogP contribution in [0.3, 0.4) is 0 Å². The Kier molecular flexibility index (Phi) is 2.00. The quantitative estimate of drug-likeness (QED) is 0.519. The second kappa shape index (κ2) is 3.31. The van der Waals surface area contributed by atoms with Crippen LogP contribution in [0.2, 0.25) is 0 Å². The molecular formula is C10H9NO2. The number of oxime groups is 1. The van der Waals surface area contributed by atoms with E-state index in [4.69, 9.17) is 4.42 Å². The number of nitrogens with zero attached hydrogens (tertiary/aromatic N) is 1. The van der Waals surface area contributed by atoms with Crippen LogP contribution in [0.15, 0.2) is 39.9 Å². The third-order valence-electron chi connectivity index (χ3n) is 1.73. The lowest BCUT2D eigenvalue weighted by molar-refractivity contribution is 0.215. The van der Waals surface area contributed by atoms with Crippen molar-refractivity contribution in [2.45, 2.75) is 0 Å². The Morgan fingerprint density at radius 1 is 1.38 bits per heavy atom. The maximum Gasteiger partial charge on any atom is 0.149 e. The van der Waals surface area contributed by atoms with Crippen LogP contribution in [-0.2, 0) is 4.84 Å². The molecule has 1 heterocycles. The molecule has 0 unspecified atom stereocenters. The van der Waals surface area contributed by atoms with Gasteiger partial charge < -0.3 is 9.25 Å². The largest absolute Gasteiger partial charge is 0.455 e. The van der Waals surface area contributed by atoms with Crippen LogP contribution in [0.25, 0.3) is 11.0 Å². The first-order chi connectivity index (χ1) is 6.40. The SMILES string of the molecule is CO/N=C/c1cc2ccccc2o1. The van der Waals surface area contributed by atoms with Crippen LogP contribution in [0.5, 0.6) is 0 Å². The maximum absolute atomic E-state index is 5.44. The normalized spacial score (nSPS) is 11.2. The Balaban J connectivity index is 2.44. The van der Waals surface area contributed by atoms with Crippen molar-refractivity contribution >= 4 is 17.2 Å². The first kappa shape index (κ1) is 7.86. The molecule has 0 atom stereocenters. The topological polar surface area (TPSA) is 34.7 Å². The van der Waals surface area contributed by atoms with Gasteiger partial charge in [0, 0.05) is 5.39 Å². The second-order valence-electron chi connectivity index (χ2n) is 2.60. The molecule has 1 aromatic carbocycles. The molecule has 2 rings (SSSR count). The molecule has 0 aliphatic rings. The van der Waals surface area contributed by atoms with Gasteiger partial charge in [-0.05, 0) is 12.1 Å². The first-order valence-electron chi connectivity index (χ1n) is 3.95. The van der Waals surface area contributed by atoms with Crippen LogP contribution in [0, 0.1) is 0 Å². The van der Waals surface area contributed by atoms with Crippen molar-refractivity contribution in [2.24, 2.45) is 5.16 Å². The third kappa shape index (κ3) is 1.54. The fourth-order valence-corrected chi connectivity index (χ4v) is 1.17. The van der Waals surface area contributed by atoms with Crippen LogP contribution in [0.4, 0.5) is 0 Å². The van der Waals surface area contributed by atoms with Gasteiger partial charge in [-0.1, -0.05) is 23.4 Å². The molecule has 0 bridgehead atoms. The molecule has 2 aromatic rings. The maximum atomic E-state index is 5.44. The van der Waals surface area contributed by atoms with E-state index in [0.717, 1.165) is 11.0 Å². The van der Waals surface area contributed by atoms with Gasteiger partial charge >= 0.3 is 0 Å². The van der Waals surface area contributed by atoms with Crippen LogP contribution in [-0.4, -0.2) is 13.3 Å². The number of para-hydroxylation sites is 1. The van der Waals surface area contributed by atoms with E-state index in [-0.39, 0.29) is 0 Å². The summed E-state index contributed by atoms with van der Waals surface area (Å²) in [5, 5.41) is 4.69. The molecule has 13 heavy (non-hydrogen) atoms. The van der Waals surface area contributed by atoms with Crippen LogP contribution < -0.4 is 0 Å². The van der Waals surface area contributed by atoms with Gasteiger partial charge in [0.1, 0.15) is 24.7 Å². The monoisotopic (exact) mass is 175 g/mol. The predicted octanol–water partition coefficient (Wildman–Crippen LogP) is 2.41. The fraction of sp³-hybridized carbons (Fsp3) is 0.100.